The predicted octanol–water partition coefficient (Wildman–Crippen LogP) is 1.39. The number of anilines is 1. The monoisotopic (exact) mass is 207 g/mol. The molecule has 0 saturated heterocycles. The number of aromatic nitrogens is 1. The number of pyridine rings is 1. The summed E-state index contributed by atoms with van der Waals surface area (Å²) in [5, 5.41) is 2.97. The third kappa shape index (κ3) is 2.46. The van der Waals surface area contributed by atoms with E-state index in [0.29, 0.717) is 5.69 Å². The Bertz CT molecular complexity index is 361. The molecule has 1 amide bonds. The van der Waals surface area contributed by atoms with E-state index < -0.39 is 0 Å². The molecule has 1 rings (SSSR count). The van der Waals surface area contributed by atoms with Gasteiger partial charge in [-0.2, -0.15) is 0 Å². The van der Waals surface area contributed by atoms with Crippen LogP contribution in [0.5, 0.6) is 0 Å². The Labute approximate surface area is 90.3 Å². The topological polar surface area (TPSA) is 45.2 Å². The second kappa shape index (κ2) is 4.77. The van der Waals surface area contributed by atoms with Gasteiger partial charge < -0.3 is 10.2 Å². The van der Waals surface area contributed by atoms with Gasteiger partial charge in [-0.3, -0.25) is 4.79 Å². The number of nitrogens with one attached hydrogen (secondary N) is 1. The fourth-order valence-corrected chi connectivity index (χ4v) is 1.27. The van der Waals surface area contributed by atoms with Crippen molar-refractivity contribution in [1.82, 2.24) is 9.88 Å². The SMILES string of the molecule is CCc1ccc(NC)c(C(=O)N(C)C)n1. The molecule has 1 aromatic heterocycles. The van der Waals surface area contributed by atoms with Crippen LogP contribution < -0.4 is 5.32 Å². The molecule has 15 heavy (non-hydrogen) atoms. The first kappa shape index (κ1) is 11.5. The van der Waals surface area contributed by atoms with Crippen LogP contribution in [0, 0.1) is 0 Å². The van der Waals surface area contributed by atoms with Gasteiger partial charge in [-0.05, 0) is 18.6 Å². The average molecular weight is 207 g/mol. The molecule has 82 valence electrons. The summed E-state index contributed by atoms with van der Waals surface area (Å²) in [5.74, 6) is -0.0744. The van der Waals surface area contributed by atoms with Gasteiger partial charge in [0.25, 0.3) is 5.91 Å². The molecular formula is C11H17N3O. The Morgan fingerprint density at radius 2 is 2.13 bits per heavy atom. The van der Waals surface area contributed by atoms with E-state index in [9.17, 15) is 4.79 Å². The first-order valence-corrected chi connectivity index (χ1v) is 4.99. The van der Waals surface area contributed by atoms with Gasteiger partial charge in [-0.25, -0.2) is 4.98 Å². The van der Waals surface area contributed by atoms with Crippen molar-refractivity contribution in [3.63, 3.8) is 0 Å². The standard InChI is InChI=1S/C11H17N3O/c1-5-8-6-7-9(12-2)10(13-8)11(15)14(3)4/h6-7,12H,5H2,1-4H3. The summed E-state index contributed by atoms with van der Waals surface area (Å²) in [6.45, 7) is 2.02. The Morgan fingerprint density at radius 1 is 1.47 bits per heavy atom. The second-order valence-electron chi connectivity index (χ2n) is 3.50. The highest BCUT2D eigenvalue weighted by Crippen LogP contribution is 2.15. The van der Waals surface area contributed by atoms with E-state index in [1.165, 1.54) is 4.90 Å². The Hall–Kier alpha value is -1.58. The zero-order chi connectivity index (χ0) is 11.4. The minimum absolute atomic E-state index is 0.0744. The van der Waals surface area contributed by atoms with Gasteiger partial charge in [0.15, 0.2) is 5.69 Å². The molecule has 1 N–H and O–H groups in total. The van der Waals surface area contributed by atoms with Crippen LogP contribution >= 0.6 is 0 Å². The van der Waals surface area contributed by atoms with Crippen molar-refractivity contribution in [3.05, 3.63) is 23.5 Å². The van der Waals surface area contributed by atoms with Crippen molar-refractivity contribution in [3.8, 4) is 0 Å². The molecule has 0 aliphatic carbocycles. The lowest BCUT2D eigenvalue weighted by Crippen LogP contribution is -2.24. The van der Waals surface area contributed by atoms with E-state index in [-0.39, 0.29) is 5.91 Å². The van der Waals surface area contributed by atoms with Crippen molar-refractivity contribution >= 4 is 11.6 Å². The molecule has 0 aliphatic rings. The maximum absolute atomic E-state index is 11.8. The fraction of sp³-hybridized carbons (Fsp3) is 0.455. The number of amides is 1. The molecule has 0 saturated carbocycles. The number of carbonyl (C=O) groups is 1. The molecule has 4 heteroatoms. The Balaban J connectivity index is 3.17. The van der Waals surface area contributed by atoms with Crippen LogP contribution in [-0.2, 0) is 6.42 Å². The molecule has 0 unspecified atom stereocenters. The molecule has 0 bridgehead atoms. The maximum atomic E-state index is 11.8. The molecule has 0 spiro atoms. The van der Waals surface area contributed by atoms with Crippen LogP contribution in [0.2, 0.25) is 0 Å². The molecular weight excluding hydrogens is 190 g/mol. The van der Waals surface area contributed by atoms with E-state index in [1.54, 1.807) is 21.1 Å². The van der Waals surface area contributed by atoms with Gasteiger partial charge >= 0.3 is 0 Å². The van der Waals surface area contributed by atoms with Crippen LogP contribution in [0.15, 0.2) is 12.1 Å². The maximum Gasteiger partial charge on any atom is 0.274 e. The lowest BCUT2D eigenvalue weighted by atomic mass is 10.2. The van der Waals surface area contributed by atoms with Gasteiger partial charge in [-0.15, -0.1) is 0 Å². The molecule has 1 aromatic rings. The first-order chi connectivity index (χ1) is 7.10. The number of carbonyl (C=O) groups excluding carboxylic acids is 1. The summed E-state index contributed by atoms with van der Waals surface area (Å²) in [4.78, 5) is 17.7. The van der Waals surface area contributed by atoms with E-state index in [2.05, 4.69) is 10.3 Å². The highest BCUT2D eigenvalue weighted by Gasteiger charge is 2.14. The van der Waals surface area contributed by atoms with Gasteiger partial charge in [0.05, 0.1) is 5.69 Å². The summed E-state index contributed by atoms with van der Waals surface area (Å²) in [6.07, 6.45) is 0.831. The lowest BCUT2D eigenvalue weighted by molar-refractivity contribution is 0.0822. The van der Waals surface area contributed by atoms with Crippen LogP contribution in [0.4, 0.5) is 5.69 Å². The molecule has 0 atom stereocenters. The van der Waals surface area contributed by atoms with Crippen molar-refractivity contribution in [2.24, 2.45) is 0 Å². The van der Waals surface area contributed by atoms with Gasteiger partial charge in [-0.1, -0.05) is 6.92 Å². The highest BCUT2D eigenvalue weighted by atomic mass is 16.2. The van der Waals surface area contributed by atoms with Crippen molar-refractivity contribution in [1.29, 1.82) is 0 Å². The number of rotatable bonds is 3. The van der Waals surface area contributed by atoms with Crippen LogP contribution in [0.3, 0.4) is 0 Å². The Kier molecular flexibility index (Phi) is 3.66. The van der Waals surface area contributed by atoms with Gasteiger partial charge in [0.1, 0.15) is 0 Å². The summed E-state index contributed by atoms with van der Waals surface area (Å²) in [6, 6.07) is 3.82. The van der Waals surface area contributed by atoms with Crippen LogP contribution in [-0.4, -0.2) is 36.9 Å². The zero-order valence-electron chi connectivity index (χ0n) is 9.66. The number of hydrogen-bond donors (Lipinski definition) is 1. The molecule has 0 fully saturated rings. The largest absolute Gasteiger partial charge is 0.386 e. The number of hydrogen-bond acceptors (Lipinski definition) is 3. The zero-order valence-corrected chi connectivity index (χ0v) is 9.66. The third-order valence-electron chi connectivity index (χ3n) is 2.19. The Morgan fingerprint density at radius 3 is 2.60 bits per heavy atom. The van der Waals surface area contributed by atoms with Crippen LogP contribution in [0.1, 0.15) is 23.1 Å². The molecule has 0 aromatic carbocycles. The smallest absolute Gasteiger partial charge is 0.274 e. The predicted molar refractivity (Wildman–Crippen MR) is 61.2 cm³/mol. The minimum Gasteiger partial charge on any atom is -0.386 e. The van der Waals surface area contributed by atoms with E-state index in [1.807, 2.05) is 19.1 Å². The first-order valence-electron chi connectivity index (χ1n) is 4.99. The quantitative estimate of drug-likeness (QED) is 0.814. The minimum atomic E-state index is -0.0744. The summed E-state index contributed by atoms with van der Waals surface area (Å²) < 4.78 is 0. The summed E-state index contributed by atoms with van der Waals surface area (Å²) >= 11 is 0. The van der Waals surface area contributed by atoms with E-state index in [4.69, 9.17) is 0 Å². The molecule has 4 nitrogen and oxygen atoms in total. The third-order valence-corrected chi connectivity index (χ3v) is 2.19. The molecule has 1 heterocycles. The van der Waals surface area contributed by atoms with Crippen molar-refractivity contribution in [2.75, 3.05) is 26.5 Å². The van der Waals surface area contributed by atoms with Crippen LogP contribution in [0.25, 0.3) is 0 Å². The van der Waals surface area contributed by atoms with Gasteiger partial charge in [0, 0.05) is 26.8 Å². The lowest BCUT2D eigenvalue weighted by Gasteiger charge is -2.13. The average Bonchev–Trinajstić information content (AvgIpc) is 2.27. The van der Waals surface area contributed by atoms with Crippen molar-refractivity contribution < 1.29 is 4.79 Å². The van der Waals surface area contributed by atoms with Gasteiger partial charge in [0.2, 0.25) is 0 Å². The van der Waals surface area contributed by atoms with E-state index in [0.717, 1.165) is 17.8 Å². The summed E-state index contributed by atoms with van der Waals surface area (Å²) in [7, 11) is 5.24. The van der Waals surface area contributed by atoms with Crippen molar-refractivity contribution in [2.45, 2.75) is 13.3 Å². The number of aryl methyl sites for hydroxylation is 1. The number of nitrogens with zero attached hydrogens (tertiary/aromatic N) is 2. The summed E-state index contributed by atoms with van der Waals surface area (Å²) in [5.41, 5.74) is 2.19. The fourth-order valence-electron chi connectivity index (χ4n) is 1.27. The molecule has 0 radical (unpaired) electrons. The molecule has 0 aliphatic heterocycles. The van der Waals surface area contributed by atoms with E-state index >= 15 is 0 Å². The second-order valence-corrected chi connectivity index (χ2v) is 3.50. The normalized spacial score (nSPS) is 9.87. The highest BCUT2D eigenvalue weighted by molar-refractivity contribution is 5.97.